The third-order valence-electron chi connectivity index (χ3n) is 7.10. The first-order chi connectivity index (χ1) is 20.0. The summed E-state index contributed by atoms with van der Waals surface area (Å²) in [6, 6.07) is 13.3. The van der Waals surface area contributed by atoms with E-state index in [1.54, 1.807) is 19.5 Å². The Kier molecular flexibility index (Phi) is 7.25. The second kappa shape index (κ2) is 11.3. The molecule has 2 aliphatic rings. The summed E-state index contributed by atoms with van der Waals surface area (Å²) in [6.45, 7) is 2.51. The van der Waals surface area contributed by atoms with Gasteiger partial charge in [-0.15, -0.1) is 10.2 Å². The predicted octanol–water partition coefficient (Wildman–Crippen LogP) is 2.65. The molecule has 210 valence electrons. The highest BCUT2D eigenvalue weighted by Crippen LogP contribution is 2.38. The number of aromatic nitrogens is 6. The minimum atomic E-state index is -0.423. The van der Waals surface area contributed by atoms with Crippen LogP contribution in [0.5, 0.6) is 5.75 Å². The average molecular weight is 555 g/mol. The maximum absolute atomic E-state index is 12.5. The Morgan fingerprint density at radius 2 is 1.90 bits per heavy atom. The molecule has 2 amide bonds. The number of hydrogen-bond donors (Lipinski definition) is 3. The van der Waals surface area contributed by atoms with E-state index >= 15 is 0 Å². The van der Waals surface area contributed by atoms with Gasteiger partial charge in [0.05, 0.1) is 35.8 Å². The van der Waals surface area contributed by atoms with Gasteiger partial charge in [-0.3, -0.25) is 19.5 Å². The van der Waals surface area contributed by atoms with E-state index in [1.807, 2.05) is 47.3 Å². The fourth-order valence-corrected chi connectivity index (χ4v) is 4.72. The lowest BCUT2D eigenvalue weighted by atomic mass is 10.1. The quantitative estimate of drug-likeness (QED) is 0.267. The molecule has 4 heterocycles. The van der Waals surface area contributed by atoms with Crippen molar-refractivity contribution in [3.05, 3.63) is 66.4 Å². The summed E-state index contributed by atoms with van der Waals surface area (Å²) in [5.41, 5.74) is 2.74. The number of hydrogen-bond acceptors (Lipinski definition) is 10. The van der Waals surface area contributed by atoms with Crippen LogP contribution in [-0.2, 0) is 11.3 Å². The molecule has 1 aliphatic heterocycles. The molecule has 1 saturated heterocycles. The molecule has 0 atom stereocenters. The van der Waals surface area contributed by atoms with Gasteiger partial charge >= 0.3 is 0 Å². The Balaban J connectivity index is 1.21. The number of carbonyl (C=O) groups excluding carboxylic acids is 2. The summed E-state index contributed by atoms with van der Waals surface area (Å²) in [6.07, 6.45) is 5.27. The Bertz CT molecular complexity index is 1560. The summed E-state index contributed by atoms with van der Waals surface area (Å²) in [7, 11) is 3.08. The number of anilines is 3. The van der Waals surface area contributed by atoms with Crippen molar-refractivity contribution in [1.82, 2.24) is 40.2 Å². The Labute approximate surface area is 236 Å². The first-order valence-electron chi connectivity index (χ1n) is 13.4. The molecule has 1 saturated carbocycles. The SMILES string of the molecule is CNC(=O)c1nnc(NC(=O)C2CC2)cc1Nc1cccc(-c2ncn(C3CN(Cc4ccccn4)C3)n2)c1OC. The number of rotatable bonds is 10. The van der Waals surface area contributed by atoms with Crippen molar-refractivity contribution in [3.8, 4) is 17.1 Å². The van der Waals surface area contributed by atoms with Crippen molar-refractivity contribution in [2.45, 2.75) is 25.4 Å². The summed E-state index contributed by atoms with van der Waals surface area (Å²) < 4.78 is 7.67. The van der Waals surface area contributed by atoms with Crippen molar-refractivity contribution in [1.29, 1.82) is 0 Å². The van der Waals surface area contributed by atoms with Crippen molar-refractivity contribution >= 4 is 29.0 Å². The van der Waals surface area contributed by atoms with Gasteiger partial charge in [0.15, 0.2) is 23.1 Å². The van der Waals surface area contributed by atoms with Gasteiger partial charge in [0, 0.05) is 44.9 Å². The summed E-state index contributed by atoms with van der Waals surface area (Å²) in [5.74, 6) is 0.743. The molecular formula is C28H30N10O3. The van der Waals surface area contributed by atoms with E-state index in [0.29, 0.717) is 28.5 Å². The first-order valence-corrected chi connectivity index (χ1v) is 13.4. The van der Waals surface area contributed by atoms with Crippen LogP contribution in [0.2, 0.25) is 0 Å². The summed E-state index contributed by atoms with van der Waals surface area (Å²) >= 11 is 0. The normalized spacial score (nSPS) is 15.2. The van der Waals surface area contributed by atoms with Crippen LogP contribution in [0.1, 0.15) is 35.1 Å². The maximum Gasteiger partial charge on any atom is 0.273 e. The molecule has 41 heavy (non-hydrogen) atoms. The van der Waals surface area contributed by atoms with Gasteiger partial charge in [-0.25, -0.2) is 9.67 Å². The fraction of sp³-hybridized carbons (Fsp3) is 0.321. The molecule has 0 bridgehead atoms. The third kappa shape index (κ3) is 5.70. The molecule has 2 fully saturated rings. The zero-order chi connectivity index (χ0) is 28.3. The minimum absolute atomic E-state index is 0.000196. The second-order valence-electron chi connectivity index (χ2n) is 10.1. The fourth-order valence-electron chi connectivity index (χ4n) is 4.72. The van der Waals surface area contributed by atoms with Gasteiger partial charge in [-0.1, -0.05) is 12.1 Å². The summed E-state index contributed by atoms with van der Waals surface area (Å²) in [4.78, 5) is 36.1. The van der Waals surface area contributed by atoms with Crippen molar-refractivity contribution < 1.29 is 14.3 Å². The topological polar surface area (TPSA) is 152 Å². The molecule has 13 heteroatoms. The van der Waals surface area contributed by atoms with Crippen LogP contribution in [0.3, 0.4) is 0 Å². The number of benzene rings is 1. The number of ether oxygens (including phenoxy) is 1. The van der Waals surface area contributed by atoms with E-state index < -0.39 is 5.91 Å². The lowest BCUT2D eigenvalue weighted by molar-refractivity contribution is -0.117. The van der Waals surface area contributed by atoms with Gasteiger partial charge in [-0.05, 0) is 37.1 Å². The highest BCUT2D eigenvalue weighted by atomic mass is 16.5. The molecule has 4 aromatic rings. The molecular weight excluding hydrogens is 524 g/mol. The number of nitrogens with one attached hydrogen (secondary N) is 3. The minimum Gasteiger partial charge on any atom is -0.494 e. The van der Waals surface area contributed by atoms with E-state index in [2.05, 4.69) is 41.0 Å². The molecule has 0 unspecified atom stereocenters. The lowest BCUT2D eigenvalue weighted by Gasteiger charge is -2.38. The second-order valence-corrected chi connectivity index (χ2v) is 10.1. The van der Waals surface area contributed by atoms with Crippen LogP contribution in [0, 0.1) is 5.92 Å². The standard InChI is InChI=1S/C28H30N10O3/c1-29-28(40)24-22(12-23(34-35-24)33-27(39)17-9-10-17)32-21-8-5-7-20(25(21)41-2)26-31-16-38(36-26)19-14-37(15-19)13-18-6-3-4-11-30-18/h3-8,11-12,16-17,19H,9-10,13-15H2,1-2H3,(H,29,40)(H2,32,33,34,39). The van der Waals surface area contributed by atoms with Crippen molar-refractivity contribution in [2.24, 2.45) is 5.92 Å². The number of amides is 2. The molecule has 3 aromatic heterocycles. The van der Waals surface area contributed by atoms with E-state index in [-0.39, 0.29) is 29.4 Å². The number of methoxy groups -OCH3 is 1. The molecule has 0 radical (unpaired) electrons. The Morgan fingerprint density at radius 3 is 2.63 bits per heavy atom. The van der Waals surface area contributed by atoms with E-state index in [0.717, 1.165) is 38.2 Å². The number of nitrogens with zero attached hydrogens (tertiary/aromatic N) is 7. The number of pyridine rings is 1. The molecule has 6 rings (SSSR count). The monoisotopic (exact) mass is 554 g/mol. The average Bonchev–Trinajstić information content (AvgIpc) is 3.72. The van der Waals surface area contributed by atoms with Crippen LogP contribution >= 0.6 is 0 Å². The highest BCUT2D eigenvalue weighted by Gasteiger charge is 2.31. The van der Waals surface area contributed by atoms with E-state index in [9.17, 15) is 9.59 Å². The van der Waals surface area contributed by atoms with Crippen molar-refractivity contribution in [3.63, 3.8) is 0 Å². The van der Waals surface area contributed by atoms with Crippen LogP contribution in [0.4, 0.5) is 17.2 Å². The van der Waals surface area contributed by atoms with E-state index in [4.69, 9.17) is 9.84 Å². The molecule has 1 aliphatic carbocycles. The van der Waals surface area contributed by atoms with Gasteiger partial charge in [0.25, 0.3) is 5.91 Å². The maximum atomic E-state index is 12.5. The van der Waals surface area contributed by atoms with Gasteiger partial charge in [0.1, 0.15) is 6.33 Å². The Hall–Kier alpha value is -4.91. The number of likely N-dealkylation sites (tertiary alicyclic amines) is 1. The predicted molar refractivity (Wildman–Crippen MR) is 151 cm³/mol. The van der Waals surface area contributed by atoms with Gasteiger partial charge < -0.3 is 20.7 Å². The molecule has 3 N–H and O–H groups in total. The van der Waals surface area contributed by atoms with Gasteiger partial charge in [-0.2, -0.15) is 5.10 Å². The van der Waals surface area contributed by atoms with E-state index in [1.165, 1.54) is 7.05 Å². The van der Waals surface area contributed by atoms with Crippen LogP contribution in [0.15, 0.2) is 55.0 Å². The van der Waals surface area contributed by atoms with Gasteiger partial charge in [0.2, 0.25) is 5.91 Å². The zero-order valence-corrected chi connectivity index (χ0v) is 22.7. The largest absolute Gasteiger partial charge is 0.494 e. The smallest absolute Gasteiger partial charge is 0.273 e. The number of para-hydroxylation sites is 1. The van der Waals surface area contributed by atoms with Crippen LogP contribution in [-0.4, -0.2) is 73.9 Å². The number of carbonyl (C=O) groups is 2. The van der Waals surface area contributed by atoms with Crippen molar-refractivity contribution in [2.75, 3.05) is 37.9 Å². The lowest BCUT2D eigenvalue weighted by Crippen LogP contribution is -2.47. The Morgan fingerprint density at radius 1 is 1.05 bits per heavy atom. The third-order valence-corrected chi connectivity index (χ3v) is 7.10. The highest BCUT2D eigenvalue weighted by molar-refractivity contribution is 6.00. The van der Waals surface area contributed by atoms with Crippen LogP contribution in [0.25, 0.3) is 11.4 Å². The molecule has 13 nitrogen and oxygen atoms in total. The zero-order valence-electron chi connectivity index (χ0n) is 22.7. The first kappa shape index (κ1) is 26.3. The summed E-state index contributed by atoms with van der Waals surface area (Å²) in [5, 5.41) is 21.4. The molecule has 0 spiro atoms. The van der Waals surface area contributed by atoms with Crippen LogP contribution < -0.4 is 20.7 Å². The molecule has 1 aromatic carbocycles.